The Bertz CT molecular complexity index is 616. The molecule has 0 aliphatic carbocycles. The largest absolute Gasteiger partial charge is 0.494 e. The van der Waals surface area contributed by atoms with Crippen LogP contribution in [0.4, 0.5) is 5.69 Å². The lowest BCUT2D eigenvalue weighted by Gasteiger charge is -2.09. The van der Waals surface area contributed by atoms with E-state index in [4.69, 9.17) is 9.47 Å². The zero-order valence-corrected chi connectivity index (χ0v) is 13.2. The number of carbonyl (C=O) groups is 1. The van der Waals surface area contributed by atoms with E-state index in [1.807, 2.05) is 43.3 Å². The molecule has 110 valence electrons. The van der Waals surface area contributed by atoms with Gasteiger partial charge in [0.25, 0.3) is 5.91 Å². The van der Waals surface area contributed by atoms with Crippen molar-refractivity contribution in [2.75, 3.05) is 18.5 Å². The fourth-order valence-electron chi connectivity index (χ4n) is 1.73. The lowest BCUT2D eigenvalue weighted by atomic mass is 10.3. The normalized spacial score (nSPS) is 10.0. The monoisotopic (exact) mass is 349 g/mol. The zero-order valence-electron chi connectivity index (χ0n) is 11.6. The molecule has 1 amide bonds. The number of amides is 1. The van der Waals surface area contributed by atoms with Crippen molar-refractivity contribution < 1.29 is 14.3 Å². The zero-order chi connectivity index (χ0) is 15.1. The topological polar surface area (TPSA) is 47.6 Å². The van der Waals surface area contributed by atoms with Gasteiger partial charge in [0.2, 0.25) is 0 Å². The van der Waals surface area contributed by atoms with Crippen LogP contribution in [0.2, 0.25) is 0 Å². The number of anilines is 1. The predicted octanol–water partition coefficient (Wildman–Crippen LogP) is 3.87. The summed E-state index contributed by atoms with van der Waals surface area (Å²) in [5, 5.41) is 2.77. The first-order valence-electron chi connectivity index (χ1n) is 6.58. The lowest BCUT2D eigenvalue weighted by molar-refractivity contribution is -0.118. The van der Waals surface area contributed by atoms with E-state index in [0.717, 1.165) is 15.9 Å². The maximum Gasteiger partial charge on any atom is 0.262 e. The molecule has 2 aromatic rings. The maximum atomic E-state index is 11.8. The average Bonchev–Trinajstić information content (AvgIpc) is 2.46. The van der Waals surface area contributed by atoms with Crippen molar-refractivity contribution in [3.05, 3.63) is 53.0 Å². The molecule has 0 saturated heterocycles. The Balaban J connectivity index is 1.87. The molecule has 21 heavy (non-hydrogen) atoms. The van der Waals surface area contributed by atoms with Crippen molar-refractivity contribution >= 4 is 27.5 Å². The van der Waals surface area contributed by atoms with Crippen molar-refractivity contribution in [3.63, 3.8) is 0 Å². The predicted molar refractivity (Wildman–Crippen MR) is 85.9 cm³/mol. The molecule has 0 atom stereocenters. The van der Waals surface area contributed by atoms with Gasteiger partial charge in [0.05, 0.1) is 6.61 Å². The molecule has 0 aromatic heterocycles. The molecule has 4 nitrogen and oxygen atoms in total. The highest BCUT2D eigenvalue weighted by atomic mass is 79.9. The Morgan fingerprint density at radius 2 is 1.81 bits per heavy atom. The number of benzene rings is 2. The second-order valence-corrected chi connectivity index (χ2v) is 5.17. The quantitative estimate of drug-likeness (QED) is 0.861. The summed E-state index contributed by atoms with van der Waals surface area (Å²) in [5.74, 6) is 1.11. The minimum atomic E-state index is -0.213. The molecule has 0 aliphatic rings. The van der Waals surface area contributed by atoms with Gasteiger partial charge in [-0.05, 0) is 37.3 Å². The minimum absolute atomic E-state index is 0.0535. The molecule has 1 N–H and O–H groups in total. The number of hydrogen-bond donors (Lipinski definition) is 1. The standard InChI is InChI=1S/C16H16BrNO3/c1-2-20-14-7-4-8-15(10-14)21-11-16(19)18-13-6-3-5-12(17)9-13/h3-10H,2,11H2,1H3,(H,18,19). The molecule has 0 unspecified atom stereocenters. The second kappa shape index (κ2) is 7.69. The lowest BCUT2D eigenvalue weighted by Crippen LogP contribution is -2.20. The average molecular weight is 350 g/mol. The number of hydrogen-bond acceptors (Lipinski definition) is 3. The fraction of sp³-hybridized carbons (Fsp3) is 0.188. The van der Waals surface area contributed by atoms with E-state index in [1.165, 1.54) is 0 Å². The Hall–Kier alpha value is -2.01. The third-order valence-corrected chi connectivity index (χ3v) is 3.09. The Morgan fingerprint density at radius 1 is 1.10 bits per heavy atom. The SMILES string of the molecule is CCOc1cccc(OCC(=O)Nc2cccc(Br)c2)c1. The molecule has 5 heteroatoms. The van der Waals surface area contributed by atoms with Gasteiger partial charge in [-0.25, -0.2) is 0 Å². The van der Waals surface area contributed by atoms with E-state index in [0.29, 0.717) is 12.4 Å². The van der Waals surface area contributed by atoms with Gasteiger partial charge >= 0.3 is 0 Å². The molecule has 0 fully saturated rings. The van der Waals surface area contributed by atoms with Gasteiger partial charge in [-0.15, -0.1) is 0 Å². The first-order valence-corrected chi connectivity index (χ1v) is 7.38. The highest BCUT2D eigenvalue weighted by Gasteiger charge is 2.05. The summed E-state index contributed by atoms with van der Waals surface area (Å²) in [7, 11) is 0. The van der Waals surface area contributed by atoms with Crippen LogP contribution < -0.4 is 14.8 Å². The van der Waals surface area contributed by atoms with Gasteiger partial charge in [0.1, 0.15) is 11.5 Å². The van der Waals surface area contributed by atoms with E-state index in [1.54, 1.807) is 12.1 Å². The summed E-state index contributed by atoms with van der Waals surface area (Å²) < 4.78 is 11.7. The van der Waals surface area contributed by atoms with Gasteiger partial charge in [0, 0.05) is 16.2 Å². The number of ether oxygens (including phenoxy) is 2. The maximum absolute atomic E-state index is 11.8. The summed E-state index contributed by atoms with van der Waals surface area (Å²) in [6.45, 7) is 2.45. The van der Waals surface area contributed by atoms with E-state index in [-0.39, 0.29) is 12.5 Å². The first kappa shape index (κ1) is 15.4. The first-order chi connectivity index (χ1) is 10.2. The highest BCUT2D eigenvalue weighted by Crippen LogP contribution is 2.19. The van der Waals surface area contributed by atoms with Gasteiger partial charge in [-0.2, -0.15) is 0 Å². The Kier molecular flexibility index (Phi) is 5.63. The molecule has 0 spiro atoms. The summed E-state index contributed by atoms with van der Waals surface area (Å²) >= 11 is 3.35. The number of halogens is 1. The molecule has 0 heterocycles. The molecule has 0 bridgehead atoms. The van der Waals surface area contributed by atoms with Crippen LogP contribution in [-0.4, -0.2) is 19.1 Å². The van der Waals surface area contributed by atoms with Crippen molar-refractivity contribution in [1.29, 1.82) is 0 Å². The molecule has 2 rings (SSSR count). The van der Waals surface area contributed by atoms with Gasteiger partial charge < -0.3 is 14.8 Å². The van der Waals surface area contributed by atoms with Crippen LogP contribution in [0.1, 0.15) is 6.92 Å². The number of rotatable bonds is 6. The van der Waals surface area contributed by atoms with Crippen LogP contribution in [-0.2, 0) is 4.79 Å². The minimum Gasteiger partial charge on any atom is -0.494 e. The van der Waals surface area contributed by atoms with Crippen molar-refractivity contribution in [2.45, 2.75) is 6.92 Å². The molecular formula is C16H16BrNO3. The Morgan fingerprint density at radius 3 is 2.52 bits per heavy atom. The molecule has 0 radical (unpaired) electrons. The Labute approximate surface area is 132 Å². The van der Waals surface area contributed by atoms with Crippen LogP contribution >= 0.6 is 15.9 Å². The van der Waals surface area contributed by atoms with Crippen molar-refractivity contribution in [2.24, 2.45) is 0 Å². The van der Waals surface area contributed by atoms with Gasteiger partial charge in [0.15, 0.2) is 6.61 Å². The third kappa shape index (κ3) is 5.11. The van der Waals surface area contributed by atoms with Crippen LogP contribution in [0.3, 0.4) is 0 Å². The van der Waals surface area contributed by atoms with Crippen molar-refractivity contribution in [1.82, 2.24) is 0 Å². The summed E-state index contributed by atoms with van der Waals surface area (Å²) in [5.41, 5.74) is 0.723. The van der Waals surface area contributed by atoms with Crippen molar-refractivity contribution in [3.8, 4) is 11.5 Å². The molecule has 0 aliphatic heterocycles. The van der Waals surface area contributed by atoms with Crippen LogP contribution in [0.5, 0.6) is 11.5 Å². The van der Waals surface area contributed by atoms with Crippen LogP contribution in [0.15, 0.2) is 53.0 Å². The van der Waals surface area contributed by atoms with Gasteiger partial charge in [-0.1, -0.05) is 28.1 Å². The van der Waals surface area contributed by atoms with Crippen LogP contribution in [0, 0.1) is 0 Å². The molecular weight excluding hydrogens is 334 g/mol. The highest BCUT2D eigenvalue weighted by molar-refractivity contribution is 9.10. The summed E-state index contributed by atoms with van der Waals surface area (Å²) in [6, 6.07) is 14.6. The summed E-state index contributed by atoms with van der Waals surface area (Å²) in [6.07, 6.45) is 0. The van der Waals surface area contributed by atoms with Crippen LogP contribution in [0.25, 0.3) is 0 Å². The second-order valence-electron chi connectivity index (χ2n) is 4.26. The molecule has 2 aromatic carbocycles. The number of nitrogens with one attached hydrogen (secondary N) is 1. The van der Waals surface area contributed by atoms with E-state index >= 15 is 0 Å². The molecule has 0 saturated carbocycles. The van der Waals surface area contributed by atoms with E-state index < -0.39 is 0 Å². The van der Waals surface area contributed by atoms with E-state index in [9.17, 15) is 4.79 Å². The third-order valence-electron chi connectivity index (χ3n) is 2.59. The van der Waals surface area contributed by atoms with Gasteiger partial charge in [-0.3, -0.25) is 4.79 Å². The van der Waals surface area contributed by atoms with E-state index in [2.05, 4.69) is 21.2 Å². The summed E-state index contributed by atoms with van der Waals surface area (Å²) in [4.78, 5) is 11.8. The smallest absolute Gasteiger partial charge is 0.262 e. The number of carbonyl (C=O) groups excluding carboxylic acids is 1. The fourth-order valence-corrected chi connectivity index (χ4v) is 2.13.